The fourth-order valence-corrected chi connectivity index (χ4v) is 2.59. The molecule has 2 aromatic heterocycles. The number of aromatic nitrogens is 1. The van der Waals surface area contributed by atoms with Crippen LogP contribution in [0.2, 0.25) is 0 Å². The second kappa shape index (κ2) is 7.49. The number of halogens is 1. The molecule has 0 aliphatic heterocycles. The summed E-state index contributed by atoms with van der Waals surface area (Å²) < 4.78 is 11.4. The van der Waals surface area contributed by atoms with E-state index in [4.69, 9.17) is 8.94 Å². The average molecular weight is 389 g/mol. The second-order valence-corrected chi connectivity index (χ2v) is 6.51. The van der Waals surface area contributed by atoms with E-state index in [1.807, 2.05) is 19.1 Å². The Balaban J connectivity index is 1.53. The van der Waals surface area contributed by atoms with E-state index in [0.29, 0.717) is 11.5 Å². The van der Waals surface area contributed by atoms with Crippen molar-refractivity contribution in [3.63, 3.8) is 0 Å². The van der Waals surface area contributed by atoms with Gasteiger partial charge in [0.25, 0.3) is 5.91 Å². The third kappa shape index (κ3) is 4.14. The Morgan fingerprint density at radius 3 is 2.75 bits per heavy atom. The van der Waals surface area contributed by atoms with Crippen molar-refractivity contribution in [2.45, 2.75) is 25.8 Å². The van der Waals surface area contributed by atoms with Gasteiger partial charge in [0.2, 0.25) is 5.76 Å². The molecule has 124 valence electrons. The van der Waals surface area contributed by atoms with Crippen LogP contribution >= 0.6 is 15.9 Å². The van der Waals surface area contributed by atoms with E-state index in [9.17, 15) is 4.79 Å². The van der Waals surface area contributed by atoms with E-state index in [2.05, 4.69) is 38.5 Å². The molecule has 6 heteroatoms. The maximum Gasteiger partial charge on any atom is 0.273 e. The monoisotopic (exact) mass is 388 g/mol. The van der Waals surface area contributed by atoms with Crippen molar-refractivity contribution in [1.82, 2.24) is 10.5 Å². The van der Waals surface area contributed by atoms with E-state index in [-0.39, 0.29) is 17.6 Å². The summed E-state index contributed by atoms with van der Waals surface area (Å²) in [5, 5.41) is 6.74. The van der Waals surface area contributed by atoms with Gasteiger partial charge in [0, 0.05) is 16.6 Å². The van der Waals surface area contributed by atoms with Gasteiger partial charge in [-0.25, -0.2) is 0 Å². The van der Waals surface area contributed by atoms with Crippen LogP contribution in [0.1, 0.15) is 29.4 Å². The normalized spacial score (nSPS) is 12.1. The number of amides is 1. The number of benzene rings is 1. The van der Waals surface area contributed by atoms with Gasteiger partial charge >= 0.3 is 0 Å². The van der Waals surface area contributed by atoms with Crippen molar-refractivity contribution < 1.29 is 13.7 Å². The molecule has 1 unspecified atom stereocenters. The smallest absolute Gasteiger partial charge is 0.273 e. The van der Waals surface area contributed by atoms with Gasteiger partial charge in [-0.3, -0.25) is 4.79 Å². The summed E-state index contributed by atoms with van der Waals surface area (Å²) in [5.74, 6) is 0.734. The van der Waals surface area contributed by atoms with Crippen LogP contribution in [0.15, 0.2) is 62.1 Å². The Labute approximate surface area is 148 Å². The molecule has 5 nitrogen and oxygen atoms in total. The number of nitrogens with zero attached hydrogens (tertiary/aromatic N) is 1. The Morgan fingerprint density at radius 2 is 2.04 bits per heavy atom. The number of hydrogen-bond donors (Lipinski definition) is 1. The number of nitrogens with one attached hydrogen (secondary N) is 1. The minimum atomic E-state index is -0.250. The zero-order chi connectivity index (χ0) is 16.9. The van der Waals surface area contributed by atoms with Crippen LogP contribution in [0.4, 0.5) is 0 Å². The SMILES string of the molecule is CC(CCc1ccc(Br)cc1)NC(=O)c1cc(-c2ccco2)on1. The number of carbonyl (C=O) groups excluding carboxylic acids is 1. The van der Waals surface area contributed by atoms with Gasteiger partial charge in [-0.2, -0.15) is 0 Å². The van der Waals surface area contributed by atoms with Gasteiger partial charge in [0.05, 0.1) is 6.26 Å². The van der Waals surface area contributed by atoms with E-state index in [1.54, 1.807) is 24.5 Å². The largest absolute Gasteiger partial charge is 0.461 e. The minimum absolute atomic E-state index is 0.0323. The number of aryl methyl sites for hydroxylation is 1. The van der Waals surface area contributed by atoms with E-state index in [1.165, 1.54) is 5.56 Å². The van der Waals surface area contributed by atoms with Crippen LogP contribution < -0.4 is 5.32 Å². The lowest BCUT2D eigenvalue weighted by molar-refractivity contribution is 0.0929. The molecule has 24 heavy (non-hydrogen) atoms. The quantitative estimate of drug-likeness (QED) is 0.677. The van der Waals surface area contributed by atoms with Crippen molar-refractivity contribution >= 4 is 21.8 Å². The molecule has 0 saturated heterocycles. The Morgan fingerprint density at radius 1 is 1.25 bits per heavy atom. The van der Waals surface area contributed by atoms with Crippen LogP contribution in [0.5, 0.6) is 0 Å². The molecule has 1 amide bonds. The molecule has 0 fully saturated rings. The molecule has 1 N–H and O–H groups in total. The Hall–Kier alpha value is -2.34. The minimum Gasteiger partial charge on any atom is -0.461 e. The lowest BCUT2D eigenvalue weighted by atomic mass is 10.1. The molecule has 3 aromatic rings. The number of rotatable bonds is 6. The first-order valence-corrected chi connectivity index (χ1v) is 8.47. The van der Waals surface area contributed by atoms with Crippen molar-refractivity contribution in [1.29, 1.82) is 0 Å². The summed E-state index contributed by atoms with van der Waals surface area (Å²) >= 11 is 3.42. The second-order valence-electron chi connectivity index (χ2n) is 5.59. The average Bonchev–Trinajstić information content (AvgIpc) is 3.25. The molecule has 3 rings (SSSR count). The summed E-state index contributed by atoms with van der Waals surface area (Å²) in [6, 6.07) is 13.3. The Bertz CT molecular complexity index is 794. The van der Waals surface area contributed by atoms with Gasteiger partial charge in [0.15, 0.2) is 11.5 Å². The predicted molar refractivity (Wildman–Crippen MR) is 93.6 cm³/mol. The van der Waals surface area contributed by atoms with Crippen molar-refractivity contribution in [2.75, 3.05) is 0 Å². The molecule has 1 aromatic carbocycles. The predicted octanol–water partition coefficient (Wildman–Crippen LogP) is 4.45. The van der Waals surface area contributed by atoms with Gasteiger partial charge in [-0.15, -0.1) is 0 Å². The maximum atomic E-state index is 12.2. The first-order valence-electron chi connectivity index (χ1n) is 7.68. The number of furan rings is 1. The number of carbonyl (C=O) groups is 1. The molecule has 0 aliphatic rings. The highest BCUT2D eigenvalue weighted by molar-refractivity contribution is 9.10. The number of hydrogen-bond acceptors (Lipinski definition) is 4. The van der Waals surface area contributed by atoms with E-state index >= 15 is 0 Å². The maximum absolute atomic E-state index is 12.2. The third-order valence-electron chi connectivity index (χ3n) is 3.66. The van der Waals surface area contributed by atoms with Gasteiger partial charge in [0.1, 0.15) is 0 Å². The van der Waals surface area contributed by atoms with Crippen molar-refractivity contribution in [3.8, 4) is 11.5 Å². The lowest BCUT2D eigenvalue weighted by Crippen LogP contribution is -2.33. The first kappa shape index (κ1) is 16.5. The van der Waals surface area contributed by atoms with Gasteiger partial charge < -0.3 is 14.3 Å². The molecule has 0 spiro atoms. The van der Waals surface area contributed by atoms with Crippen molar-refractivity contribution in [2.24, 2.45) is 0 Å². The summed E-state index contributed by atoms with van der Waals surface area (Å²) in [5.41, 5.74) is 1.48. The van der Waals surface area contributed by atoms with E-state index in [0.717, 1.165) is 17.3 Å². The molecule has 0 bridgehead atoms. The molecule has 2 heterocycles. The van der Waals surface area contributed by atoms with Crippen molar-refractivity contribution in [3.05, 3.63) is 64.5 Å². The highest BCUT2D eigenvalue weighted by Gasteiger charge is 2.16. The van der Waals surface area contributed by atoms with Crippen LogP contribution in [0, 0.1) is 0 Å². The summed E-state index contributed by atoms with van der Waals surface area (Å²) in [6.07, 6.45) is 3.28. The molecular weight excluding hydrogens is 372 g/mol. The van der Waals surface area contributed by atoms with Gasteiger partial charge in [-0.05, 0) is 49.6 Å². The van der Waals surface area contributed by atoms with Crippen LogP contribution in [0.3, 0.4) is 0 Å². The van der Waals surface area contributed by atoms with Crippen LogP contribution in [-0.4, -0.2) is 17.1 Å². The summed E-state index contributed by atoms with van der Waals surface area (Å²) in [7, 11) is 0. The fraction of sp³-hybridized carbons (Fsp3) is 0.222. The van der Waals surface area contributed by atoms with Gasteiger partial charge in [-0.1, -0.05) is 33.2 Å². The zero-order valence-electron chi connectivity index (χ0n) is 13.2. The van der Waals surface area contributed by atoms with Crippen LogP contribution in [-0.2, 0) is 6.42 Å². The highest BCUT2D eigenvalue weighted by atomic mass is 79.9. The fourth-order valence-electron chi connectivity index (χ4n) is 2.32. The summed E-state index contributed by atoms with van der Waals surface area (Å²) in [4.78, 5) is 12.2. The zero-order valence-corrected chi connectivity index (χ0v) is 14.7. The molecule has 0 saturated carbocycles. The molecule has 0 radical (unpaired) electrons. The highest BCUT2D eigenvalue weighted by Crippen LogP contribution is 2.20. The topological polar surface area (TPSA) is 68.3 Å². The molecule has 1 atom stereocenters. The third-order valence-corrected chi connectivity index (χ3v) is 4.19. The first-order chi connectivity index (χ1) is 11.6. The summed E-state index contributed by atoms with van der Waals surface area (Å²) in [6.45, 7) is 1.98. The van der Waals surface area contributed by atoms with E-state index < -0.39 is 0 Å². The molecular formula is C18H17BrN2O3. The standard InChI is InChI=1S/C18H17BrN2O3/c1-12(4-5-13-6-8-14(19)9-7-13)20-18(22)15-11-17(24-21-15)16-3-2-10-23-16/h2-3,6-12H,4-5H2,1H3,(H,20,22). The van der Waals surface area contributed by atoms with Crippen LogP contribution in [0.25, 0.3) is 11.5 Å². The molecule has 0 aliphatic carbocycles. The lowest BCUT2D eigenvalue weighted by Gasteiger charge is -2.12. The Kier molecular flexibility index (Phi) is 5.15.